The summed E-state index contributed by atoms with van der Waals surface area (Å²) in [5.74, 6) is 0.151. The predicted octanol–water partition coefficient (Wildman–Crippen LogP) is 0.704. The fraction of sp³-hybridized carbons (Fsp3) is 0.444. The number of nitro groups is 1. The summed E-state index contributed by atoms with van der Waals surface area (Å²) in [5.41, 5.74) is 0.347. The number of aliphatic hydroxyl groups excluding tert-OH is 2. The molecule has 0 aromatic carbocycles. The first kappa shape index (κ1) is 12.9. The van der Waals surface area contributed by atoms with E-state index in [1.807, 2.05) is 0 Å². The average molecular weight is 244 g/mol. The molecular formula is C9H12N2O4S. The maximum Gasteiger partial charge on any atom is 0.363 e. The minimum atomic E-state index is -1.10. The largest absolute Gasteiger partial charge is 0.390 e. The van der Waals surface area contributed by atoms with Crippen LogP contribution >= 0.6 is 12.6 Å². The zero-order valence-corrected chi connectivity index (χ0v) is 9.25. The van der Waals surface area contributed by atoms with Crippen molar-refractivity contribution >= 4 is 18.4 Å². The standard InChI is InChI=1S/C9H12N2O4S/c12-7(3-4-16)9(13)6-1-2-8(10-5-6)11(14)15/h1-2,5,7,9,12-13,16H,3-4H2. The lowest BCUT2D eigenvalue weighted by atomic mass is 10.0. The topological polar surface area (TPSA) is 96.5 Å². The normalized spacial score (nSPS) is 14.4. The van der Waals surface area contributed by atoms with Gasteiger partial charge in [0.15, 0.2) is 0 Å². The molecule has 16 heavy (non-hydrogen) atoms. The van der Waals surface area contributed by atoms with Crippen molar-refractivity contribution in [1.29, 1.82) is 0 Å². The lowest BCUT2D eigenvalue weighted by molar-refractivity contribution is -0.389. The van der Waals surface area contributed by atoms with Crippen molar-refractivity contribution in [2.75, 3.05) is 5.75 Å². The molecule has 0 aliphatic heterocycles. The highest BCUT2D eigenvalue weighted by atomic mass is 32.1. The summed E-state index contributed by atoms with van der Waals surface area (Å²) in [6.07, 6.45) is -0.521. The molecular weight excluding hydrogens is 232 g/mol. The number of aliphatic hydroxyl groups is 2. The van der Waals surface area contributed by atoms with Crippen LogP contribution in [0.5, 0.6) is 0 Å². The molecule has 2 atom stereocenters. The maximum atomic E-state index is 10.3. The van der Waals surface area contributed by atoms with E-state index in [1.165, 1.54) is 18.3 Å². The Morgan fingerprint density at radius 3 is 2.62 bits per heavy atom. The number of hydrogen-bond acceptors (Lipinski definition) is 6. The van der Waals surface area contributed by atoms with Crippen LogP contribution in [0.1, 0.15) is 18.1 Å². The molecule has 0 fully saturated rings. The van der Waals surface area contributed by atoms with Gasteiger partial charge in [-0.1, -0.05) is 0 Å². The van der Waals surface area contributed by atoms with E-state index in [0.717, 1.165) is 0 Å². The van der Waals surface area contributed by atoms with Gasteiger partial charge in [-0.3, -0.25) is 0 Å². The Labute approximate surface area is 97.5 Å². The Kier molecular flexibility index (Phi) is 4.66. The van der Waals surface area contributed by atoms with Gasteiger partial charge < -0.3 is 20.3 Å². The van der Waals surface area contributed by atoms with Crippen molar-refractivity contribution < 1.29 is 15.1 Å². The fourth-order valence-corrected chi connectivity index (χ4v) is 1.46. The molecule has 6 nitrogen and oxygen atoms in total. The summed E-state index contributed by atoms with van der Waals surface area (Å²) in [4.78, 5) is 13.3. The Morgan fingerprint density at radius 1 is 1.50 bits per heavy atom. The molecule has 0 radical (unpaired) electrons. The number of aromatic nitrogens is 1. The van der Waals surface area contributed by atoms with Gasteiger partial charge in [-0.2, -0.15) is 12.6 Å². The molecule has 7 heteroatoms. The van der Waals surface area contributed by atoms with Crippen LogP contribution in [0.15, 0.2) is 18.3 Å². The number of pyridine rings is 1. The van der Waals surface area contributed by atoms with E-state index in [4.69, 9.17) is 0 Å². The maximum absolute atomic E-state index is 10.3. The highest BCUT2D eigenvalue weighted by Crippen LogP contribution is 2.20. The van der Waals surface area contributed by atoms with E-state index in [-0.39, 0.29) is 5.82 Å². The molecule has 1 aromatic rings. The minimum Gasteiger partial charge on any atom is -0.390 e. The third-order valence-corrected chi connectivity index (χ3v) is 2.35. The first-order valence-corrected chi connectivity index (χ1v) is 5.27. The minimum absolute atomic E-state index is 0.292. The van der Waals surface area contributed by atoms with Gasteiger partial charge in [-0.05, 0) is 28.1 Å². The molecule has 0 spiro atoms. The summed E-state index contributed by atoms with van der Waals surface area (Å²) in [6, 6.07) is 2.56. The molecule has 0 bridgehead atoms. The first-order valence-electron chi connectivity index (χ1n) is 4.63. The first-order chi connectivity index (χ1) is 7.56. The smallest absolute Gasteiger partial charge is 0.363 e. The lowest BCUT2D eigenvalue weighted by Crippen LogP contribution is -2.18. The number of rotatable bonds is 5. The fourth-order valence-electron chi connectivity index (χ4n) is 1.19. The van der Waals surface area contributed by atoms with Gasteiger partial charge in [0.25, 0.3) is 0 Å². The van der Waals surface area contributed by atoms with E-state index in [1.54, 1.807) is 0 Å². The second-order valence-electron chi connectivity index (χ2n) is 3.23. The van der Waals surface area contributed by atoms with Crippen molar-refractivity contribution in [2.45, 2.75) is 18.6 Å². The van der Waals surface area contributed by atoms with Crippen LogP contribution in [0.4, 0.5) is 5.82 Å². The molecule has 1 heterocycles. The van der Waals surface area contributed by atoms with E-state index >= 15 is 0 Å². The zero-order valence-electron chi connectivity index (χ0n) is 8.35. The Balaban J connectivity index is 2.77. The molecule has 0 aliphatic carbocycles. The van der Waals surface area contributed by atoms with Crippen molar-refractivity contribution in [3.05, 3.63) is 34.0 Å². The second kappa shape index (κ2) is 5.78. The van der Waals surface area contributed by atoms with Gasteiger partial charge >= 0.3 is 5.82 Å². The predicted molar refractivity (Wildman–Crippen MR) is 60.3 cm³/mol. The van der Waals surface area contributed by atoms with Crippen LogP contribution in [0.2, 0.25) is 0 Å². The van der Waals surface area contributed by atoms with Gasteiger partial charge in [0, 0.05) is 11.6 Å². The van der Waals surface area contributed by atoms with Gasteiger partial charge in [0.1, 0.15) is 12.3 Å². The van der Waals surface area contributed by atoms with E-state index in [0.29, 0.717) is 17.7 Å². The molecule has 0 amide bonds. The van der Waals surface area contributed by atoms with Crippen LogP contribution in [0.25, 0.3) is 0 Å². The van der Waals surface area contributed by atoms with Crippen LogP contribution in [0, 0.1) is 10.1 Å². The van der Waals surface area contributed by atoms with Crippen molar-refractivity contribution in [3.63, 3.8) is 0 Å². The van der Waals surface area contributed by atoms with E-state index in [2.05, 4.69) is 17.6 Å². The molecule has 88 valence electrons. The van der Waals surface area contributed by atoms with Crippen LogP contribution in [0.3, 0.4) is 0 Å². The molecule has 1 rings (SSSR count). The molecule has 0 saturated carbocycles. The van der Waals surface area contributed by atoms with Crippen molar-refractivity contribution in [2.24, 2.45) is 0 Å². The van der Waals surface area contributed by atoms with E-state index in [9.17, 15) is 20.3 Å². The van der Waals surface area contributed by atoms with Crippen LogP contribution < -0.4 is 0 Å². The second-order valence-corrected chi connectivity index (χ2v) is 3.68. The quantitative estimate of drug-likeness (QED) is 0.402. The Hall–Kier alpha value is -1.18. The molecule has 0 aliphatic rings. The van der Waals surface area contributed by atoms with Gasteiger partial charge in [0.2, 0.25) is 0 Å². The summed E-state index contributed by atoms with van der Waals surface area (Å²) >= 11 is 3.93. The highest BCUT2D eigenvalue weighted by Gasteiger charge is 2.19. The molecule has 1 aromatic heterocycles. The van der Waals surface area contributed by atoms with E-state index < -0.39 is 17.1 Å². The third kappa shape index (κ3) is 3.16. The summed E-state index contributed by atoms with van der Waals surface area (Å²) in [7, 11) is 0. The third-order valence-electron chi connectivity index (χ3n) is 2.09. The monoisotopic (exact) mass is 244 g/mol. The van der Waals surface area contributed by atoms with Gasteiger partial charge in [-0.15, -0.1) is 0 Å². The number of hydrogen-bond donors (Lipinski definition) is 3. The van der Waals surface area contributed by atoms with Crippen LogP contribution in [-0.4, -0.2) is 32.0 Å². The van der Waals surface area contributed by atoms with Crippen LogP contribution in [-0.2, 0) is 0 Å². The highest BCUT2D eigenvalue weighted by molar-refractivity contribution is 7.80. The Morgan fingerprint density at radius 2 is 2.19 bits per heavy atom. The zero-order chi connectivity index (χ0) is 12.1. The SMILES string of the molecule is O=[N+]([O-])c1ccc(C(O)C(O)CCS)cn1. The van der Waals surface area contributed by atoms with Crippen molar-refractivity contribution in [1.82, 2.24) is 4.98 Å². The van der Waals surface area contributed by atoms with Crippen molar-refractivity contribution in [3.8, 4) is 0 Å². The molecule has 2 N–H and O–H groups in total. The summed E-state index contributed by atoms with van der Waals surface area (Å²) in [5, 5.41) is 29.5. The lowest BCUT2D eigenvalue weighted by Gasteiger charge is -2.15. The van der Waals surface area contributed by atoms with Gasteiger partial charge in [0.05, 0.1) is 6.10 Å². The summed E-state index contributed by atoms with van der Waals surface area (Å²) < 4.78 is 0. The number of thiol groups is 1. The van der Waals surface area contributed by atoms with Gasteiger partial charge in [-0.25, -0.2) is 0 Å². The molecule has 2 unspecified atom stereocenters. The number of nitrogens with zero attached hydrogens (tertiary/aromatic N) is 2. The average Bonchev–Trinajstić information content (AvgIpc) is 2.28. The molecule has 0 saturated heterocycles. The Bertz CT molecular complexity index is 357. The summed E-state index contributed by atoms with van der Waals surface area (Å²) in [6.45, 7) is 0.